The predicted molar refractivity (Wildman–Crippen MR) is 106 cm³/mol. The lowest BCUT2D eigenvalue weighted by Gasteiger charge is -2.36. The molecule has 0 saturated carbocycles. The van der Waals surface area contributed by atoms with Crippen molar-refractivity contribution in [1.29, 1.82) is 5.26 Å². The number of hydrogen-bond acceptors (Lipinski definition) is 5. The molecule has 0 radical (unpaired) electrons. The van der Waals surface area contributed by atoms with E-state index in [1.807, 2.05) is 30.3 Å². The molecular formula is C20H21N7O. The van der Waals surface area contributed by atoms with Gasteiger partial charge in [0.1, 0.15) is 17.6 Å². The van der Waals surface area contributed by atoms with E-state index in [2.05, 4.69) is 32.5 Å². The van der Waals surface area contributed by atoms with Gasteiger partial charge < -0.3 is 15.6 Å². The Morgan fingerprint density at radius 3 is 2.93 bits per heavy atom. The third-order valence-electron chi connectivity index (χ3n) is 5.06. The van der Waals surface area contributed by atoms with Gasteiger partial charge in [-0.25, -0.2) is 14.8 Å². The highest BCUT2D eigenvalue weighted by atomic mass is 16.2. The van der Waals surface area contributed by atoms with Crippen molar-refractivity contribution in [3.8, 4) is 6.07 Å². The van der Waals surface area contributed by atoms with E-state index < -0.39 is 0 Å². The zero-order chi connectivity index (χ0) is 19.5. The Bertz CT molecular complexity index is 988. The van der Waals surface area contributed by atoms with Crippen LogP contribution in [0.25, 0.3) is 11.0 Å². The maximum absolute atomic E-state index is 12.3. The van der Waals surface area contributed by atoms with Crippen LogP contribution in [0.15, 0.2) is 42.6 Å². The van der Waals surface area contributed by atoms with E-state index in [1.54, 1.807) is 12.1 Å². The number of nitrogens with one attached hydrogen (secondary N) is 3. The number of fused-ring (bicyclic) bond motifs is 1. The second kappa shape index (κ2) is 7.66. The molecule has 1 aliphatic heterocycles. The van der Waals surface area contributed by atoms with Gasteiger partial charge in [-0.1, -0.05) is 12.1 Å². The SMILES string of the molecule is CN1CCC(NC(=O)Nc2ccc(C#N)nc2)CC1c1nc2ccccc2[nH]1. The number of amides is 2. The van der Waals surface area contributed by atoms with Crippen LogP contribution in [0.5, 0.6) is 0 Å². The number of rotatable bonds is 3. The van der Waals surface area contributed by atoms with Crippen LogP contribution in [0, 0.1) is 11.3 Å². The van der Waals surface area contributed by atoms with Crippen molar-refractivity contribution in [2.45, 2.75) is 24.9 Å². The summed E-state index contributed by atoms with van der Waals surface area (Å²) >= 11 is 0. The number of anilines is 1. The van der Waals surface area contributed by atoms with Crippen LogP contribution in [-0.4, -0.2) is 45.5 Å². The Balaban J connectivity index is 1.41. The molecule has 0 bridgehead atoms. The molecule has 8 nitrogen and oxygen atoms in total. The van der Waals surface area contributed by atoms with Crippen molar-refractivity contribution in [2.24, 2.45) is 0 Å². The highest BCUT2D eigenvalue weighted by molar-refractivity contribution is 5.89. The lowest BCUT2D eigenvalue weighted by molar-refractivity contribution is 0.153. The first-order chi connectivity index (χ1) is 13.6. The van der Waals surface area contributed by atoms with Crippen LogP contribution >= 0.6 is 0 Å². The molecule has 0 aliphatic carbocycles. The topological polar surface area (TPSA) is 110 Å². The summed E-state index contributed by atoms with van der Waals surface area (Å²) in [5, 5.41) is 14.6. The van der Waals surface area contributed by atoms with Gasteiger partial charge in [0.25, 0.3) is 0 Å². The summed E-state index contributed by atoms with van der Waals surface area (Å²) in [6.07, 6.45) is 3.12. The molecular weight excluding hydrogens is 354 g/mol. The number of carbonyl (C=O) groups excluding carboxylic acids is 1. The molecule has 2 amide bonds. The molecule has 3 aromatic rings. The summed E-state index contributed by atoms with van der Waals surface area (Å²) in [5.74, 6) is 0.923. The number of hydrogen-bond donors (Lipinski definition) is 3. The molecule has 2 unspecified atom stereocenters. The molecule has 3 heterocycles. The highest BCUT2D eigenvalue weighted by Crippen LogP contribution is 2.29. The predicted octanol–water partition coefficient (Wildman–Crippen LogP) is 2.79. The van der Waals surface area contributed by atoms with E-state index in [9.17, 15) is 4.79 Å². The number of urea groups is 1. The molecule has 2 aromatic heterocycles. The van der Waals surface area contributed by atoms with Crippen LogP contribution in [0.2, 0.25) is 0 Å². The van der Waals surface area contributed by atoms with E-state index in [1.165, 1.54) is 6.20 Å². The van der Waals surface area contributed by atoms with Gasteiger partial charge in [-0.05, 0) is 44.2 Å². The molecule has 4 rings (SSSR count). The molecule has 8 heteroatoms. The number of imidazole rings is 1. The van der Waals surface area contributed by atoms with Gasteiger partial charge in [0.2, 0.25) is 0 Å². The van der Waals surface area contributed by atoms with Crippen LogP contribution in [0.4, 0.5) is 10.5 Å². The maximum atomic E-state index is 12.3. The van der Waals surface area contributed by atoms with E-state index in [4.69, 9.17) is 10.2 Å². The zero-order valence-electron chi connectivity index (χ0n) is 15.5. The highest BCUT2D eigenvalue weighted by Gasteiger charge is 2.30. The van der Waals surface area contributed by atoms with Gasteiger partial charge in [-0.2, -0.15) is 5.26 Å². The van der Waals surface area contributed by atoms with Crippen molar-refractivity contribution in [2.75, 3.05) is 18.9 Å². The Labute approximate surface area is 162 Å². The minimum absolute atomic E-state index is 0.0424. The molecule has 3 N–H and O–H groups in total. The number of piperidine rings is 1. The average molecular weight is 375 g/mol. The van der Waals surface area contributed by atoms with Gasteiger partial charge in [-0.3, -0.25) is 4.90 Å². The van der Waals surface area contributed by atoms with Crippen LogP contribution in [-0.2, 0) is 0 Å². The zero-order valence-corrected chi connectivity index (χ0v) is 15.5. The number of nitrogens with zero attached hydrogens (tertiary/aromatic N) is 4. The van der Waals surface area contributed by atoms with E-state index in [0.29, 0.717) is 11.4 Å². The Hall–Kier alpha value is -3.44. The van der Waals surface area contributed by atoms with Crippen molar-refractivity contribution in [3.63, 3.8) is 0 Å². The molecule has 1 aromatic carbocycles. The van der Waals surface area contributed by atoms with Gasteiger partial charge in [-0.15, -0.1) is 0 Å². The number of pyridine rings is 1. The summed E-state index contributed by atoms with van der Waals surface area (Å²) in [7, 11) is 2.08. The van der Waals surface area contributed by atoms with Crippen LogP contribution in [0.1, 0.15) is 30.4 Å². The molecule has 0 spiro atoms. The number of aromatic nitrogens is 3. The molecule has 1 fully saturated rings. The fourth-order valence-electron chi connectivity index (χ4n) is 3.55. The number of nitriles is 1. The third-order valence-corrected chi connectivity index (χ3v) is 5.06. The lowest BCUT2D eigenvalue weighted by atomic mass is 9.97. The standard InChI is InChI=1S/C20H21N7O/c1-27-9-8-13(23-20(28)24-15-7-6-14(11-21)22-12-15)10-18(27)19-25-16-4-2-3-5-17(16)26-19/h2-7,12-13,18H,8-10H2,1H3,(H,25,26)(H2,23,24,28). The van der Waals surface area contributed by atoms with Crippen molar-refractivity contribution < 1.29 is 4.79 Å². The van der Waals surface area contributed by atoms with Crippen LogP contribution < -0.4 is 10.6 Å². The number of aromatic amines is 1. The van der Waals surface area contributed by atoms with Crippen molar-refractivity contribution in [1.82, 2.24) is 25.2 Å². The Kier molecular flexibility index (Phi) is 4.91. The second-order valence-corrected chi connectivity index (χ2v) is 7.00. The van der Waals surface area contributed by atoms with Gasteiger partial charge in [0.05, 0.1) is 29.0 Å². The largest absolute Gasteiger partial charge is 0.341 e. The number of carbonyl (C=O) groups is 1. The van der Waals surface area contributed by atoms with E-state index in [0.717, 1.165) is 36.2 Å². The van der Waals surface area contributed by atoms with E-state index in [-0.39, 0.29) is 18.1 Å². The Morgan fingerprint density at radius 1 is 1.32 bits per heavy atom. The molecule has 142 valence electrons. The van der Waals surface area contributed by atoms with Gasteiger partial charge in [0, 0.05) is 12.6 Å². The second-order valence-electron chi connectivity index (χ2n) is 7.00. The fraction of sp³-hybridized carbons (Fsp3) is 0.300. The lowest BCUT2D eigenvalue weighted by Crippen LogP contribution is -2.46. The van der Waals surface area contributed by atoms with E-state index >= 15 is 0 Å². The smallest absolute Gasteiger partial charge is 0.319 e. The molecule has 1 saturated heterocycles. The normalized spacial score (nSPS) is 19.9. The quantitative estimate of drug-likeness (QED) is 0.652. The Morgan fingerprint density at radius 2 is 2.18 bits per heavy atom. The first kappa shape index (κ1) is 17.9. The summed E-state index contributed by atoms with van der Waals surface area (Å²) in [5.41, 5.74) is 2.84. The van der Waals surface area contributed by atoms with Gasteiger partial charge in [0.15, 0.2) is 0 Å². The number of H-pyrrole nitrogens is 1. The monoisotopic (exact) mass is 375 g/mol. The molecule has 28 heavy (non-hydrogen) atoms. The van der Waals surface area contributed by atoms with Gasteiger partial charge >= 0.3 is 6.03 Å². The first-order valence-electron chi connectivity index (χ1n) is 9.21. The van der Waals surface area contributed by atoms with Crippen molar-refractivity contribution >= 4 is 22.8 Å². The van der Waals surface area contributed by atoms with Crippen LogP contribution in [0.3, 0.4) is 0 Å². The average Bonchev–Trinajstić information content (AvgIpc) is 3.14. The minimum Gasteiger partial charge on any atom is -0.341 e. The number of para-hydroxylation sites is 2. The molecule has 2 atom stereocenters. The fourth-order valence-corrected chi connectivity index (χ4v) is 3.55. The van der Waals surface area contributed by atoms with Crippen molar-refractivity contribution in [3.05, 3.63) is 54.1 Å². The maximum Gasteiger partial charge on any atom is 0.319 e. The number of likely N-dealkylation sites (tertiary alicyclic amines) is 1. The molecule has 1 aliphatic rings. The summed E-state index contributed by atoms with van der Waals surface area (Å²) in [4.78, 5) is 26.7. The summed E-state index contributed by atoms with van der Waals surface area (Å²) < 4.78 is 0. The number of benzene rings is 1. The minimum atomic E-state index is -0.274. The third kappa shape index (κ3) is 3.80. The first-order valence-corrected chi connectivity index (χ1v) is 9.21. The summed E-state index contributed by atoms with van der Waals surface area (Å²) in [6.45, 7) is 0.866. The summed E-state index contributed by atoms with van der Waals surface area (Å²) in [6, 6.07) is 13.0.